The molecule has 2 heteroatoms. The van der Waals surface area contributed by atoms with Gasteiger partial charge in [-0.05, 0) is 29.2 Å². The molecule has 1 aromatic carbocycles. The standard InChI is InChI=1S/C15H18N2/c1-2-11-3-5-12(6-4-11)15-9-13-10-16-8-7-14(13)17-15/h3-6,9,16-17H,2,7-8,10H2,1H3. The van der Waals surface area contributed by atoms with Crippen LogP contribution in [-0.4, -0.2) is 11.5 Å². The average molecular weight is 226 g/mol. The van der Waals surface area contributed by atoms with Crippen molar-refractivity contribution in [3.8, 4) is 11.3 Å². The van der Waals surface area contributed by atoms with Gasteiger partial charge in [0.2, 0.25) is 0 Å². The molecule has 0 bridgehead atoms. The molecule has 1 aliphatic rings. The quantitative estimate of drug-likeness (QED) is 0.809. The average Bonchev–Trinajstić information content (AvgIpc) is 2.82. The van der Waals surface area contributed by atoms with Crippen LogP contribution in [0.4, 0.5) is 0 Å². The van der Waals surface area contributed by atoms with Crippen LogP contribution in [0.15, 0.2) is 30.3 Å². The molecular weight excluding hydrogens is 208 g/mol. The highest BCUT2D eigenvalue weighted by molar-refractivity contribution is 5.62. The number of hydrogen-bond donors (Lipinski definition) is 2. The summed E-state index contributed by atoms with van der Waals surface area (Å²) in [6.07, 6.45) is 2.22. The van der Waals surface area contributed by atoms with Gasteiger partial charge in [-0.3, -0.25) is 0 Å². The van der Waals surface area contributed by atoms with Crippen LogP contribution >= 0.6 is 0 Å². The minimum absolute atomic E-state index is 0.999. The fourth-order valence-electron chi connectivity index (χ4n) is 2.43. The number of H-pyrrole nitrogens is 1. The molecule has 0 fully saturated rings. The van der Waals surface area contributed by atoms with E-state index in [0.717, 1.165) is 25.9 Å². The van der Waals surface area contributed by atoms with E-state index in [-0.39, 0.29) is 0 Å². The molecule has 2 N–H and O–H groups in total. The van der Waals surface area contributed by atoms with Gasteiger partial charge in [-0.25, -0.2) is 0 Å². The molecule has 0 unspecified atom stereocenters. The van der Waals surface area contributed by atoms with Crippen molar-refractivity contribution in [2.45, 2.75) is 26.3 Å². The van der Waals surface area contributed by atoms with Crippen LogP contribution in [0.1, 0.15) is 23.7 Å². The number of aromatic amines is 1. The van der Waals surface area contributed by atoms with Crippen molar-refractivity contribution in [2.24, 2.45) is 0 Å². The summed E-state index contributed by atoms with van der Waals surface area (Å²) in [6, 6.07) is 11.1. The Kier molecular flexibility index (Phi) is 2.73. The maximum Gasteiger partial charge on any atom is 0.0459 e. The van der Waals surface area contributed by atoms with Gasteiger partial charge in [0.05, 0.1) is 0 Å². The van der Waals surface area contributed by atoms with E-state index in [1.54, 1.807) is 0 Å². The van der Waals surface area contributed by atoms with E-state index in [0.29, 0.717) is 0 Å². The number of rotatable bonds is 2. The zero-order valence-electron chi connectivity index (χ0n) is 10.2. The van der Waals surface area contributed by atoms with E-state index in [1.807, 2.05) is 0 Å². The van der Waals surface area contributed by atoms with E-state index in [4.69, 9.17) is 0 Å². The largest absolute Gasteiger partial charge is 0.358 e. The third-order valence-electron chi connectivity index (χ3n) is 3.53. The van der Waals surface area contributed by atoms with Crippen molar-refractivity contribution in [1.29, 1.82) is 0 Å². The van der Waals surface area contributed by atoms with Crippen LogP contribution in [-0.2, 0) is 19.4 Å². The topological polar surface area (TPSA) is 27.8 Å². The molecule has 2 nitrogen and oxygen atoms in total. The van der Waals surface area contributed by atoms with Crippen LogP contribution in [0.5, 0.6) is 0 Å². The Balaban J connectivity index is 1.94. The van der Waals surface area contributed by atoms with Crippen LogP contribution in [0.2, 0.25) is 0 Å². The van der Waals surface area contributed by atoms with Crippen LogP contribution in [0.25, 0.3) is 11.3 Å². The van der Waals surface area contributed by atoms with E-state index in [1.165, 1.54) is 28.1 Å². The molecule has 2 aromatic rings. The monoisotopic (exact) mass is 226 g/mol. The smallest absolute Gasteiger partial charge is 0.0459 e. The Morgan fingerprint density at radius 2 is 2.00 bits per heavy atom. The van der Waals surface area contributed by atoms with Crippen molar-refractivity contribution in [3.63, 3.8) is 0 Å². The number of benzene rings is 1. The van der Waals surface area contributed by atoms with Crippen LogP contribution in [0, 0.1) is 0 Å². The van der Waals surface area contributed by atoms with Gasteiger partial charge >= 0.3 is 0 Å². The summed E-state index contributed by atoms with van der Waals surface area (Å²) < 4.78 is 0. The lowest BCUT2D eigenvalue weighted by Gasteiger charge is -2.11. The van der Waals surface area contributed by atoms with E-state index in [9.17, 15) is 0 Å². The second-order valence-electron chi connectivity index (χ2n) is 4.66. The van der Waals surface area contributed by atoms with Crippen molar-refractivity contribution in [1.82, 2.24) is 10.3 Å². The molecule has 0 spiro atoms. The first-order chi connectivity index (χ1) is 8.36. The summed E-state index contributed by atoms with van der Waals surface area (Å²) in [4.78, 5) is 3.55. The Morgan fingerprint density at radius 3 is 2.71 bits per heavy atom. The third-order valence-corrected chi connectivity index (χ3v) is 3.53. The van der Waals surface area contributed by atoms with Crippen molar-refractivity contribution >= 4 is 0 Å². The molecule has 0 amide bonds. The lowest BCUT2D eigenvalue weighted by molar-refractivity contribution is 0.638. The van der Waals surface area contributed by atoms with Gasteiger partial charge in [-0.15, -0.1) is 0 Å². The molecule has 2 heterocycles. The molecule has 0 saturated heterocycles. The van der Waals surface area contributed by atoms with Crippen molar-refractivity contribution < 1.29 is 0 Å². The summed E-state index contributed by atoms with van der Waals surface area (Å²) in [5.74, 6) is 0. The molecule has 0 saturated carbocycles. The zero-order chi connectivity index (χ0) is 11.7. The fraction of sp³-hybridized carbons (Fsp3) is 0.333. The van der Waals surface area contributed by atoms with Crippen LogP contribution in [0.3, 0.4) is 0 Å². The summed E-state index contributed by atoms with van der Waals surface area (Å²) in [7, 11) is 0. The van der Waals surface area contributed by atoms with Crippen LogP contribution < -0.4 is 5.32 Å². The zero-order valence-corrected chi connectivity index (χ0v) is 10.2. The first-order valence-corrected chi connectivity index (χ1v) is 6.37. The molecule has 1 aliphatic heterocycles. The Bertz CT molecular complexity index is 485. The van der Waals surface area contributed by atoms with Gasteiger partial charge in [-0.1, -0.05) is 31.2 Å². The highest BCUT2D eigenvalue weighted by Crippen LogP contribution is 2.24. The molecule has 88 valence electrons. The lowest BCUT2D eigenvalue weighted by atomic mass is 10.1. The van der Waals surface area contributed by atoms with Crippen molar-refractivity contribution in [3.05, 3.63) is 47.2 Å². The number of aryl methyl sites for hydroxylation is 1. The maximum atomic E-state index is 3.55. The highest BCUT2D eigenvalue weighted by atomic mass is 14.9. The summed E-state index contributed by atoms with van der Waals surface area (Å²) in [5, 5.41) is 3.40. The number of nitrogens with one attached hydrogen (secondary N) is 2. The van der Waals surface area contributed by atoms with Gasteiger partial charge < -0.3 is 10.3 Å². The van der Waals surface area contributed by atoms with Crippen molar-refractivity contribution in [2.75, 3.05) is 6.54 Å². The minimum Gasteiger partial charge on any atom is -0.358 e. The molecular formula is C15H18N2. The Labute approximate surface area is 102 Å². The predicted molar refractivity (Wildman–Crippen MR) is 71.0 cm³/mol. The number of hydrogen-bond acceptors (Lipinski definition) is 1. The van der Waals surface area contributed by atoms with E-state index >= 15 is 0 Å². The molecule has 0 aliphatic carbocycles. The molecule has 0 atom stereocenters. The minimum atomic E-state index is 0.999. The number of fused-ring (bicyclic) bond motifs is 1. The molecule has 17 heavy (non-hydrogen) atoms. The number of aromatic nitrogens is 1. The molecule has 3 rings (SSSR count). The van der Waals surface area contributed by atoms with E-state index < -0.39 is 0 Å². The summed E-state index contributed by atoms with van der Waals surface area (Å²) >= 11 is 0. The second-order valence-corrected chi connectivity index (χ2v) is 4.66. The first kappa shape index (κ1) is 10.6. The third kappa shape index (κ3) is 2.01. The Morgan fingerprint density at radius 1 is 1.18 bits per heavy atom. The van der Waals surface area contributed by atoms with Gasteiger partial charge in [0, 0.05) is 30.9 Å². The predicted octanol–water partition coefficient (Wildman–Crippen LogP) is 2.89. The normalized spacial score (nSPS) is 14.6. The molecule has 0 radical (unpaired) electrons. The maximum absolute atomic E-state index is 3.55. The SMILES string of the molecule is CCc1ccc(-c2cc3c([nH]2)CCNC3)cc1. The summed E-state index contributed by atoms with van der Waals surface area (Å²) in [6.45, 7) is 4.27. The highest BCUT2D eigenvalue weighted by Gasteiger charge is 2.12. The van der Waals surface area contributed by atoms with E-state index in [2.05, 4.69) is 47.6 Å². The van der Waals surface area contributed by atoms with Gasteiger partial charge in [0.25, 0.3) is 0 Å². The molecule has 1 aromatic heterocycles. The van der Waals surface area contributed by atoms with Gasteiger partial charge in [0.1, 0.15) is 0 Å². The second kappa shape index (κ2) is 4.38. The Hall–Kier alpha value is -1.54. The first-order valence-electron chi connectivity index (χ1n) is 6.37. The van der Waals surface area contributed by atoms with Gasteiger partial charge in [-0.2, -0.15) is 0 Å². The van der Waals surface area contributed by atoms with Gasteiger partial charge in [0.15, 0.2) is 0 Å². The fourth-order valence-corrected chi connectivity index (χ4v) is 2.43. The lowest BCUT2D eigenvalue weighted by Crippen LogP contribution is -2.22. The summed E-state index contributed by atoms with van der Waals surface area (Å²) in [5.41, 5.74) is 6.76.